The van der Waals surface area contributed by atoms with E-state index in [2.05, 4.69) is 5.32 Å². The minimum Gasteiger partial charge on any atom is -0.493 e. The molecule has 1 N–H and O–H groups in total. The Hall–Kier alpha value is -3.28. The van der Waals surface area contributed by atoms with Crippen molar-refractivity contribution >= 4 is 23.6 Å². The summed E-state index contributed by atoms with van der Waals surface area (Å²) in [6.07, 6.45) is 3.95. The fraction of sp³-hybridized carbons (Fsp3) is 0.333. The van der Waals surface area contributed by atoms with Gasteiger partial charge in [0.15, 0.2) is 11.5 Å². The number of benzene rings is 2. The molecule has 2 rings (SSSR count). The first-order valence-corrected chi connectivity index (χ1v) is 10.2. The van der Waals surface area contributed by atoms with Crippen molar-refractivity contribution in [1.82, 2.24) is 4.90 Å². The van der Waals surface area contributed by atoms with E-state index in [0.717, 1.165) is 12.0 Å². The lowest BCUT2D eigenvalue weighted by Gasteiger charge is -2.27. The minimum atomic E-state index is -0.600. The Morgan fingerprint density at radius 1 is 1.10 bits per heavy atom. The fourth-order valence-corrected chi connectivity index (χ4v) is 2.97. The summed E-state index contributed by atoms with van der Waals surface area (Å²) in [5.74, 6) is 0.815. The molecule has 0 spiro atoms. The van der Waals surface area contributed by atoms with Crippen LogP contribution in [0.15, 0.2) is 54.6 Å². The van der Waals surface area contributed by atoms with Gasteiger partial charge in [0, 0.05) is 18.3 Å². The number of hydrogen-bond donors (Lipinski definition) is 1. The molecule has 0 aliphatic rings. The predicted octanol–water partition coefficient (Wildman–Crippen LogP) is 4.37. The number of para-hydroxylation sites is 1. The van der Waals surface area contributed by atoms with Gasteiger partial charge < -0.3 is 19.7 Å². The highest BCUT2D eigenvalue weighted by Gasteiger charge is 2.24. The number of nitrogens with one attached hydrogen (secondary N) is 1. The molecular weight excluding hydrogens is 380 g/mol. The van der Waals surface area contributed by atoms with Gasteiger partial charge in [0.1, 0.15) is 6.04 Å². The normalized spacial score (nSPS) is 11.7. The molecule has 0 saturated heterocycles. The Bertz CT molecular complexity index is 865. The van der Waals surface area contributed by atoms with Crippen molar-refractivity contribution in [2.45, 2.75) is 33.2 Å². The number of carbonyl (C=O) groups excluding carboxylic acids is 2. The summed E-state index contributed by atoms with van der Waals surface area (Å²) in [6, 6.07) is 14.1. The van der Waals surface area contributed by atoms with E-state index < -0.39 is 6.04 Å². The minimum absolute atomic E-state index is 0.221. The maximum Gasteiger partial charge on any atom is 0.247 e. The second-order valence-corrected chi connectivity index (χ2v) is 6.74. The van der Waals surface area contributed by atoms with E-state index >= 15 is 0 Å². The predicted molar refractivity (Wildman–Crippen MR) is 120 cm³/mol. The molecule has 2 amide bonds. The van der Waals surface area contributed by atoms with E-state index in [1.54, 1.807) is 31.1 Å². The summed E-state index contributed by atoms with van der Waals surface area (Å²) in [4.78, 5) is 27.0. The number of hydrogen-bond acceptors (Lipinski definition) is 4. The van der Waals surface area contributed by atoms with Crippen molar-refractivity contribution in [3.05, 3.63) is 60.2 Å². The SMILES string of the molecule is CCCN(C(=O)/C=C/c1ccc(OC)c(OCC)c1)C(C)C(=O)Nc1ccccc1. The lowest BCUT2D eigenvalue weighted by molar-refractivity contribution is -0.134. The van der Waals surface area contributed by atoms with Crippen molar-refractivity contribution < 1.29 is 19.1 Å². The Labute approximate surface area is 178 Å². The zero-order chi connectivity index (χ0) is 21.9. The largest absolute Gasteiger partial charge is 0.493 e. The Morgan fingerprint density at radius 3 is 2.47 bits per heavy atom. The zero-order valence-electron chi connectivity index (χ0n) is 18.1. The van der Waals surface area contributed by atoms with Crippen LogP contribution in [0.3, 0.4) is 0 Å². The van der Waals surface area contributed by atoms with Crippen LogP contribution in [-0.2, 0) is 9.59 Å². The molecule has 0 aromatic heterocycles. The third kappa shape index (κ3) is 6.37. The van der Waals surface area contributed by atoms with E-state index in [0.29, 0.717) is 30.3 Å². The van der Waals surface area contributed by atoms with Crippen LogP contribution in [0.5, 0.6) is 11.5 Å². The van der Waals surface area contributed by atoms with Gasteiger partial charge in [-0.1, -0.05) is 31.2 Å². The van der Waals surface area contributed by atoms with Gasteiger partial charge >= 0.3 is 0 Å². The third-order valence-electron chi connectivity index (χ3n) is 4.54. The van der Waals surface area contributed by atoms with E-state index in [1.165, 1.54) is 6.08 Å². The first-order chi connectivity index (χ1) is 14.5. The van der Waals surface area contributed by atoms with Crippen LogP contribution in [0.25, 0.3) is 6.08 Å². The van der Waals surface area contributed by atoms with E-state index in [1.807, 2.05) is 56.3 Å². The average Bonchev–Trinajstić information content (AvgIpc) is 2.76. The molecule has 2 aromatic rings. The van der Waals surface area contributed by atoms with Crippen LogP contribution in [0.1, 0.15) is 32.8 Å². The zero-order valence-corrected chi connectivity index (χ0v) is 18.1. The molecule has 1 atom stereocenters. The molecule has 2 aromatic carbocycles. The maximum atomic E-state index is 12.8. The van der Waals surface area contributed by atoms with Gasteiger partial charge in [0.2, 0.25) is 11.8 Å². The van der Waals surface area contributed by atoms with Crippen molar-refractivity contribution in [2.75, 3.05) is 25.6 Å². The van der Waals surface area contributed by atoms with Gasteiger partial charge in [-0.3, -0.25) is 9.59 Å². The maximum absolute atomic E-state index is 12.8. The Balaban J connectivity index is 2.12. The number of nitrogens with zero attached hydrogens (tertiary/aromatic N) is 1. The molecule has 0 aliphatic carbocycles. The van der Waals surface area contributed by atoms with Crippen LogP contribution in [0.2, 0.25) is 0 Å². The first kappa shape index (κ1) is 23.0. The molecular formula is C24H30N2O4. The van der Waals surface area contributed by atoms with E-state index in [4.69, 9.17) is 9.47 Å². The molecule has 6 heteroatoms. The highest BCUT2D eigenvalue weighted by Crippen LogP contribution is 2.28. The quantitative estimate of drug-likeness (QED) is 0.591. The van der Waals surface area contributed by atoms with Crippen molar-refractivity contribution in [3.63, 3.8) is 0 Å². The number of carbonyl (C=O) groups is 2. The lowest BCUT2D eigenvalue weighted by atomic mass is 10.1. The second kappa shape index (κ2) is 11.7. The molecule has 0 saturated carbocycles. The van der Waals surface area contributed by atoms with Gasteiger partial charge in [0.05, 0.1) is 13.7 Å². The molecule has 0 aliphatic heterocycles. The summed E-state index contributed by atoms with van der Waals surface area (Å²) >= 11 is 0. The van der Waals surface area contributed by atoms with Crippen molar-refractivity contribution in [2.24, 2.45) is 0 Å². The smallest absolute Gasteiger partial charge is 0.247 e. The number of rotatable bonds is 10. The monoisotopic (exact) mass is 410 g/mol. The molecule has 30 heavy (non-hydrogen) atoms. The Kier molecular flexibility index (Phi) is 8.94. The average molecular weight is 411 g/mol. The van der Waals surface area contributed by atoms with Crippen LogP contribution in [0, 0.1) is 0 Å². The molecule has 0 heterocycles. The van der Waals surface area contributed by atoms with Crippen LogP contribution in [-0.4, -0.2) is 43.0 Å². The van der Waals surface area contributed by atoms with Gasteiger partial charge in [-0.15, -0.1) is 0 Å². The molecule has 0 fully saturated rings. The van der Waals surface area contributed by atoms with Crippen molar-refractivity contribution in [3.8, 4) is 11.5 Å². The molecule has 6 nitrogen and oxygen atoms in total. The molecule has 1 unspecified atom stereocenters. The van der Waals surface area contributed by atoms with Crippen LogP contribution in [0.4, 0.5) is 5.69 Å². The van der Waals surface area contributed by atoms with Crippen molar-refractivity contribution in [1.29, 1.82) is 0 Å². The highest BCUT2D eigenvalue weighted by atomic mass is 16.5. The van der Waals surface area contributed by atoms with Gasteiger partial charge in [-0.05, 0) is 56.2 Å². The number of anilines is 1. The van der Waals surface area contributed by atoms with Crippen LogP contribution < -0.4 is 14.8 Å². The van der Waals surface area contributed by atoms with E-state index in [9.17, 15) is 9.59 Å². The van der Waals surface area contributed by atoms with E-state index in [-0.39, 0.29) is 11.8 Å². The summed E-state index contributed by atoms with van der Waals surface area (Å²) < 4.78 is 10.9. The lowest BCUT2D eigenvalue weighted by Crippen LogP contribution is -2.45. The summed E-state index contributed by atoms with van der Waals surface area (Å²) in [5.41, 5.74) is 1.51. The van der Waals surface area contributed by atoms with Gasteiger partial charge in [0.25, 0.3) is 0 Å². The first-order valence-electron chi connectivity index (χ1n) is 10.2. The summed E-state index contributed by atoms with van der Waals surface area (Å²) in [6.45, 7) is 6.61. The van der Waals surface area contributed by atoms with Gasteiger partial charge in [-0.25, -0.2) is 0 Å². The molecule has 0 bridgehead atoms. The standard InChI is InChI=1S/C24H30N2O4/c1-5-16-26(18(3)24(28)25-20-10-8-7-9-11-20)23(27)15-13-19-12-14-21(29-4)22(17-19)30-6-2/h7-15,17-18H,5-6,16H2,1-4H3,(H,25,28)/b15-13+. The Morgan fingerprint density at radius 2 is 1.83 bits per heavy atom. The number of methoxy groups -OCH3 is 1. The third-order valence-corrected chi connectivity index (χ3v) is 4.54. The summed E-state index contributed by atoms with van der Waals surface area (Å²) in [7, 11) is 1.58. The number of ether oxygens (including phenoxy) is 2. The highest BCUT2D eigenvalue weighted by molar-refractivity contribution is 5.99. The van der Waals surface area contributed by atoms with Gasteiger partial charge in [-0.2, -0.15) is 0 Å². The second-order valence-electron chi connectivity index (χ2n) is 6.74. The van der Waals surface area contributed by atoms with Crippen LogP contribution >= 0.6 is 0 Å². The molecule has 160 valence electrons. The summed E-state index contributed by atoms with van der Waals surface area (Å²) in [5, 5.41) is 2.86. The topological polar surface area (TPSA) is 67.9 Å². The fourth-order valence-electron chi connectivity index (χ4n) is 2.97. The molecule has 0 radical (unpaired) electrons. The number of amides is 2.